The third-order valence-corrected chi connectivity index (χ3v) is 4.24. The summed E-state index contributed by atoms with van der Waals surface area (Å²) in [6.07, 6.45) is 4.03. The molecular weight excluding hydrogens is 264 g/mol. The number of pyridine rings is 1. The minimum Gasteiger partial charge on any atom is -0.347 e. The SMILES string of the molecule is CN(C)C(=O)Cn1c(C2CCNCC2)cc2cccnc21. The maximum absolute atomic E-state index is 12.2. The molecule has 1 amide bonds. The number of nitrogens with one attached hydrogen (secondary N) is 1. The van der Waals surface area contributed by atoms with Crippen LogP contribution in [0.4, 0.5) is 0 Å². The summed E-state index contributed by atoms with van der Waals surface area (Å²) in [5.74, 6) is 0.615. The standard InChI is InChI=1S/C16H22N4O/c1-19(2)15(21)11-20-14(12-5-8-17-9-6-12)10-13-4-3-7-18-16(13)20/h3-4,7,10,12,17H,5-6,8-9,11H2,1-2H3. The number of carbonyl (C=O) groups is 1. The van der Waals surface area contributed by atoms with Gasteiger partial charge in [-0.3, -0.25) is 4.79 Å². The Morgan fingerprint density at radius 1 is 1.43 bits per heavy atom. The molecule has 0 atom stereocenters. The Kier molecular flexibility index (Phi) is 3.92. The Labute approximate surface area is 125 Å². The molecule has 0 spiro atoms. The predicted molar refractivity (Wildman–Crippen MR) is 83.3 cm³/mol. The molecule has 1 aliphatic rings. The first-order valence-corrected chi connectivity index (χ1v) is 7.52. The lowest BCUT2D eigenvalue weighted by Crippen LogP contribution is -2.30. The minimum atomic E-state index is 0.105. The van der Waals surface area contributed by atoms with E-state index in [4.69, 9.17) is 0 Å². The van der Waals surface area contributed by atoms with Crippen molar-refractivity contribution in [3.8, 4) is 0 Å². The van der Waals surface area contributed by atoms with Gasteiger partial charge in [0, 0.05) is 37.3 Å². The summed E-state index contributed by atoms with van der Waals surface area (Å²) in [5, 5.41) is 4.52. The summed E-state index contributed by atoms with van der Waals surface area (Å²) in [6, 6.07) is 6.23. The number of likely N-dealkylation sites (N-methyl/N-ethyl adjacent to an activating group) is 1. The number of carbonyl (C=O) groups excluding carboxylic acids is 1. The number of nitrogens with zero attached hydrogens (tertiary/aromatic N) is 3. The molecule has 0 saturated carbocycles. The zero-order chi connectivity index (χ0) is 14.8. The van der Waals surface area contributed by atoms with Crippen LogP contribution in [0.3, 0.4) is 0 Å². The summed E-state index contributed by atoms with van der Waals surface area (Å²) >= 11 is 0. The van der Waals surface area contributed by atoms with E-state index in [-0.39, 0.29) is 5.91 Å². The van der Waals surface area contributed by atoms with Gasteiger partial charge < -0.3 is 14.8 Å². The molecule has 112 valence electrons. The third-order valence-electron chi connectivity index (χ3n) is 4.24. The summed E-state index contributed by atoms with van der Waals surface area (Å²) in [4.78, 5) is 18.3. The van der Waals surface area contributed by atoms with E-state index in [1.807, 2.05) is 6.07 Å². The third kappa shape index (κ3) is 2.78. The van der Waals surface area contributed by atoms with Gasteiger partial charge in [-0.05, 0) is 44.1 Å². The Hall–Kier alpha value is -1.88. The highest BCUT2D eigenvalue weighted by molar-refractivity contribution is 5.81. The van der Waals surface area contributed by atoms with Crippen LogP contribution in [-0.4, -0.2) is 47.5 Å². The topological polar surface area (TPSA) is 50.2 Å². The second-order valence-corrected chi connectivity index (χ2v) is 5.88. The lowest BCUT2D eigenvalue weighted by Gasteiger charge is -2.24. The largest absolute Gasteiger partial charge is 0.347 e. The zero-order valence-electron chi connectivity index (χ0n) is 12.7. The van der Waals surface area contributed by atoms with Gasteiger partial charge in [-0.1, -0.05) is 0 Å². The number of aromatic nitrogens is 2. The second kappa shape index (κ2) is 5.85. The van der Waals surface area contributed by atoms with E-state index >= 15 is 0 Å². The number of amides is 1. The highest BCUT2D eigenvalue weighted by Gasteiger charge is 2.22. The van der Waals surface area contributed by atoms with E-state index in [9.17, 15) is 4.79 Å². The minimum absolute atomic E-state index is 0.105. The molecule has 21 heavy (non-hydrogen) atoms. The van der Waals surface area contributed by atoms with Crippen LogP contribution >= 0.6 is 0 Å². The molecule has 0 bridgehead atoms. The maximum atomic E-state index is 12.2. The quantitative estimate of drug-likeness (QED) is 0.932. The monoisotopic (exact) mass is 286 g/mol. The zero-order valence-corrected chi connectivity index (χ0v) is 12.7. The van der Waals surface area contributed by atoms with Crippen molar-refractivity contribution in [2.75, 3.05) is 27.2 Å². The number of rotatable bonds is 3. The smallest absolute Gasteiger partial charge is 0.242 e. The molecule has 5 nitrogen and oxygen atoms in total. The van der Waals surface area contributed by atoms with Gasteiger partial charge in [-0.25, -0.2) is 4.98 Å². The molecule has 0 aliphatic carbocycles. The molecular formula is C16H22N4O. The predicted octanol–water partition coefficient (Wildman–Crippen LogP) is 1.59. The van der Waals surface area contributed by atoms with Gasteiger partial charge in [-0.15, -0.1) is 0 Å². The molecule has 1 fully saturated rings. The van der Waals surface area contributed by atoms with Crippen molar-refractivity contribution in [2.45, 2.75) is 25.3 Å². The lowest BCUT2D eigenvalue weighted by molar-refractivity contribution is -0.129. The summed E-state index contributed by atoms with van der Waals surface area (Å²) in [6.45, 7) is 2.45. The van der Waals surface area contributed by atoms with Crippen LogP contribution in [0.25, 0.3) is 11.0 Å². The van der Waals surface area contributed by atoms with Crippen molar-refractivity contribution in [1.82, 2.24) is 19.8 Å². The van der Waals surface area contributed by atoms with Gasteiger partial charge in [0.05, 0.1) is 0 Å². The van der Waals surface area contributed by atoms with Crippen LogP contribution < -0.4 is 5.32 Å². The van der Waals surface area contributed by atoms with E-state index in [1.165, 1.54) is 5.69 Å². The molecule has 0 aromatic carbocycles. The highest BCUT2D eigenvalue weighted by atomic mass is 16.2. The van der Waals surface area contributed by atoms with Crippen molar-refractivity contribution >= 4 is 16.9 Å². The fourth-order valence-electron chi connectivity index (χ4n) is 3.01. The Balaban J connectivity index is 2.02. The van der Waals surface area contributed by atoms with E-state index in [2.05, 4.69) is 27.0 Å². The number of hydrogen-bond donors (Lipinski definition) is 1. The van der Waals surface area contributed by atoms with Gasteiger partial charge in [0.25, 0.3) is 0 Å². The van der Waals surface area contributed by atoms with Gasteiger partial charge >= 0.3 is 0 Å². The van der Waals surface area contributed by atoms with Crippen molar-refractivity contribution in [3.63, 3.8) is 0 Å². The van der Waals surface area contributed by atoms with Gasteiger partial charge in [0.1, 0.15) is 12.2 Å². The average molecular weight is 286 g/mol. The van der Waals surface area contributed by atoms with Crippen molar-refractivity contribution in [1.29, 1.82) is 0 Å². The van der Waals surface area contributed by atoms with Gasteiger partial charge in [-0.2, -0.15) is 0 Å². The first-order valence-electron chi connectivity index (χ1n) is 7.52. The van der Waals surface area contributed by atoms with E-state index in [1.54, 1.807) is 25.2 Å². The fourth-order valence-corrected chi connectivity index (χ4v) is 3.01. The van der Waals surface area contributed by atoms with Crippen LogP contribution in [0.1, 0.15) is 24.5 Å². The average Bonchev–Trinajstić information content (AvgIpc) is 2.87. The molecule has 0 radical (unpaired) electrons. The normalized spacial score (nSPS) is 16.3. The molecule has 2 aromatic rings. The molecule has 1 aliphatic heterocycles. The molecule has 3 rings (SSSR count). The number of hydrogen-bond acceptors (Lipinski definition) is 3. The van der Waals surface area contributed by atoms with E-state index in [0.29, 0.717) is 12.5 Å². The lowest BCUT2D eigenvalue weighted by atomic mass is 9.94. The van der Waals surface area contributed by atoms with E-state index < -0.39 is 0 Å². The molecule has 5 heteroatoms. The Morgan fingerprint density at radius 3 is 2.90 bits per heavy atom. The maximum Gasteiger partial charge on any atom is 0.242 e. The Bertz CT molecular complexity index is 641. The van der Waals surface area contributed by atoms with Crippen molar-refractivity contribution < 1.29 is 4.79 Å². The van der Waals surface area contributed by atoms with Crippen LogP contribution in [0.2, 0.25) is 0 Å². The molecule has 1 saturated heterocycles. The van der Waals surface area contributed by atoms with E-state index in [0.717, 1.165) is 37.0 Å². The van der Waals surface area contributed by atoms with Crippen LogP contribution in [0, 0.1) is 0 Å². The van der Waals surface area contributed by atoms with Crippen molar-refractivity contribution in [2.24, 2.45) is 0 Å². The van der Waals surface area contributed by atoms with Gasteiger partial charge in [0.2, 0.25) is 5.91 Å². The molecule has 3 heterocycles. The number of piperidine rings is 1. The van der Waals surface area contributed by atoms with Gasteiger partial charge in [0.15, 0.2) is 0 Å². The fraction of sp³-hybridized carbons (Fsp3) is 0.500. The first-order chi connectivity index (χ1) is 10.2. The second-order valence-electron chi connectivity index (χ2n) is 5.88. The summed E-state index contributed by atoms with van der Waals surface area (Å²) in [7, 11) is 3.59. The summed E-state index contributed by atoms with van der Waals surface area (Å²) < 4.78 is 2.10. The first kappa shape index (κ1) is 14.1. The summed E-state index contributed by atoms with van der Waals surface area (Å²) in [5.41, 5.74) is 2.17. The van der Waals surface area contributed by atoms with Crippen LogP contribution in [-0.2, 0) is 11.3 Å². The van der Waals surface area contributed by atoms with Crippen LogP contribution in [0.15, 0.2) is 24.4 Å². The molecule has 1 N–H and O–H groups in total. The highest BCUT2D eigenvalue weighted by Crippen LogP contribution is 2.30. The Morgan fingerprint density at radius 2 is 2.19 bits per heavy atom. The molecule has 2 aromatic heterocycles. The number of fused-ring (bicyclic) bond motifs is 1. The van der Waals surface area contributed by atoms with Crippen LogP contribution in [0.5, 0.6) is 0 Å². The van der Waals surface area contributed by atoms with Crippen molar-refractivity contribution in [3.05, 3.63) is 30.1 Å². The molecule has 0 unspecified atom stereocenters.